The number of carbonyl (C=O) groups is 2. The summed E-state index contributed by atoms with van der Waals surface area (Å²) in [6, 6.07) is 13.9. The number of nitrogens with two attached hydrogens (primary N) is 2. The minimum absolute atomic E-state index is 0.0763. The SMILES string of the molecule is NC(=O)N1CCC2=C(C1)C(Cc1ccnc3ccccc13)(C(N)=O)CC=C2c1cccc(C(F)(F)F)c1. The fourth-order valence-electron chi connectivity index (χ4n) is 5.52. The normalized spacial score (nSPS) is 20.0. The topological polar surface area (TPSA) is 102 Å². The second kappa shape index (κ2) is 9.06. The van der Waals surface area contributed by atoms with Gasteiger partial charge >= 0.3 is 12.2 Å². The molecule has 5 rings (SSSR count). The van der Waals surface area contributed by atoms with Gasteiger partial charge in [0.1, 0.15) is 0 Å². The lowest BCUT2D eigenvalue weighted by molar-refractivity contribution is -0.137. The second-order valence-corrected chi connectivity index (χ2v) is 9.48. The molecule has 1 aromatic heterocycles. The van der Waals surface area contributed by atoms with Crippen LogP contribution in [-0.4, -0.2) is 34.9 Å². The van der Waals surface area contributed by atoms with Crippen molar-refractivity contribution in [2.45, 2.75) is 25.4 Å². The minimum Gasteiger partial charge on any atom is -0.369 e. The van der Waals surface area contributed by atoms with Crippen molar-refractivity contribution in [1.29, 1.82) is 0 Å². The molecule has 0 radical (unpaired) electrons. The molecule has 0 bridgehead atoms. The van der Waals surface area contributed by atoms with Crippen LogP contribution in [0.3, 0.4) is 0 Å². The Hall–Kier alpha value is -4.14. The number of pyridine rings is 1. The fraction of sp³-hybridized carbons (Fsp3) is 0.250. The van der Waals surface area contributed by atoms with Crippen LogP contribution in [0.25, 0.3) is 16.5 Å². The summed E-state index contributed by atoms with van der Waals surface area (Å²) in [5, 5.41) is 0.878. The Kier molecular flexibility index (Phi) is 6.01. The van der Waals surface area contributed by atoms with Crippen molar-refractivity contribution < 1.29 is 22.8 Å². The van der Waals surface area contributed by atoms with E-state index in [0.29, 0.717) is 23.1 Å². The van der Waals surface area contributed by atoms with Crippen LogP contribution in [0.15, 0.2) is 78.0 Å². The first-order valence-corrected chi connectivity index (χ1v) is 11.9. The second-order valence-electron chi connectivity index (χ2n) is 9.48. The van der Waals surface area contributed by atoms with Crippen LogP contribution in [0.5, 0.6) is 0 Å². The molecule has 1 aliphatic carbocycles. The number of halogens is 3. The maximum atomic E-state index is 13.5. The highest BCUT2D eigenvalue weighted by Crippen LogP contribution is 2.49. The Morgan fingerprint density at radius 1 is 1.05 bits per heavy atom. The van der Waals surface area contributed by atoms with Gasteiger partial charge in [0.25, 0.3) is 0 Å². The molecule has 0 fully saturated rings. The number of amides is 3. The van der Waals surface area contributed by atoms with Gasteiger partial charge in [-0.25, -0.2) is 4.79 Å². The molecule has 37 heavy (non-hydrogen) atoms. The van der Waals surface area contributed by atoms with E-state index in [9.17, 15) is 22.8 Å². The van der Waals surface area contributed by atoms with Gasteiger partial charge in [0.05, 0.1) is 16.5 Å². The highest BCUT2D eigenvalue weighted by Gasteiger charge is 2.46. The van der Waals surface area contributed by atoms with Crippen molar-refractivity contribution in [1.82, 2.24) is 9.88 Å². The zero-order valence-corrected chi connectivity index (χ0v) is 19.9. The molecule has 0 saturated heterocycles. The number of hydrogen-bond acceptors (Lipinski definition) is 3. The third-order valence-corrected chi connectivity index (χ3v) is 7.42. The maximum absolute atomic E-state index is 13.5. The van der Waals surface area contributed by atoms with Gasteiger partial charge in [0.15, 0.2) is 0 Å². The van der Waals surface area contributed by atoms with Gasteiger partial charge in [-0.2, -0.15) is 13.2 Å². The number of aromatic nitrogens is 1. The van der Waals surface area contributed by atoms with Crippen LogP contribution in [0.1, 0.15) is 29.5 Å². The summed E-state index contributed by atoms with van der Waals surface area (Å²) in [6.07, 6.45) is -0.240. The third kappa shape index (κ3) is 4.34. The van der Waals surface area contributed by atoms with E-state index in [1.54, 1.807) is 12.3 Å². The maximum Gasteiger partial charge on any atom is 0.416 e. The lowest BCUT2D eigenvalue weighted by Gasteiger charge is -2.43. The molecule has 4 N–H and O–H groups in total. The van der Waals surface area contributed by atoms with Crippen LogP contribution in [0.2, 0.25) is 0 Å². The first-order valence-electron chi connectivity index (χ1n) is 11.9. The molecule has 190 valence electrons. The Balaban J connectivity index is 1.66. The smallest absolute Gasteiger partial charge is 0.369 e. The Bertz CT molecular complexity index is 1470. The molecule has 1 unspecified atom stereocenters. The molecular weight excluding hydrogens is 481 g/mol. The van der Waals surface area contributed by atoms with Crippen molar-refractivity contribution in [3.63, 3.8) is 0 Å². The number of para-hydroxylation sites is 1. The average molecular weight is 507 g/mol. The summed E-state index contributed by atoms with van der Waals surface area (Å²) in [5.74, 6) is -0.563. The van der Waals surface area contributed by atoms with Crippen LogP contribution >= 0.6 is 0 Å². The zero-order chi connectivity index (χ0) is 26.4. The number of allylic oxidation sites excluding steroid dienone is 2. The van der Waals surface area contributed by atoms with E-state index in [2.05, 4.69) is 4.98 Å². The van der Waals surface area contributed by atoms with Crippen LogP contribution in [0, 0.1) is 5.41 Å². The third-order valence-electron chi connectivity index (χ3n) is 7.42. The summed E-state index contributed by atoms with van der Waals surface area (Å²) < 4.78 is 40.4. The van der Waals surface area contributed by atoms with E-state index >= 15 is 0 Å². The summed E-state index contributed by atoms with van der Waals surface area (Å²) in [4.78, 5) is 31.2. The van der Waals surface area contributed by atoms with Crippen molar-refractivity contribution in [3.8, 4) is 0 Å². The number of fused-ring (bicyclic) bond motifs is 1. The Morgan fingerprint density at radius 3 is 2.57 bits per heavy atom. The molecule has 0 saturated carbocycles. The van der Waals surface area contributed by atoms with Crippen molar-refractivity contribution in [2.75, 3.05) is 13.1 Å². The van der Waals surface area contributed by atoms with E-state index in [0.717, 1.165) is 34.2 Å². The summed E-state index contributed by atoms with van der Waals surface area (Å²) in [6.45, 7) is 0.365. The van der Waals surface area contributed by atoms with Crippen LogP contribution in [0.4, 0.5) is 18.0 Å². The molecule has 0 spiro atoms. The van der Waals surface area contributed by atoms with E-state index in [4.69, 9.17) is 11.5 Å². The van der Waals surface area contributed by atoms with Gasteiger partial charge in [-0.05, 0) is 71.4 Å². The van der Waals surface area contributed by atoms with Gasteiger partial charge in [-0.3, -0.25) is 9.78 Å². The zero-order valence-electron chi connectivity index (χ0n) is 19.9. The molecule has 1 aliphatic heterocycles. The standard InChI is InChI=1S/C28H25F3N4O2/c29-28(30,31)19-5-3-4-17(14-19)20-8-11-27(25(32)36,23-16-35(26(33)37)13-10-22(20)23)15-18-9-12-34-24-7-2-1-6-21(18)24/h1-9,12,14H,10-11,13,15-16H2,(H2,32,36)(H2,33,37). The van der Waals surface area contributed by atoms with Gasteiger partial charge in [0.2, 0.25) is 5.91 Å². The van der Waals surface area contributed by atoms with Gasteiger partial charge in [-0.15, -0.1) is 0 Å². The van der Waals surface area contributed by atoms with Gasteiger partial charge < -0.3 is 16.4 Å². The first kappa shape index (κ1) is 24.5. The quantitative estimate of drug-likeness (QED) is 0.530. The number of hydrogen-bond donors (Lipinski definition) is 2. The van der Waals surface area contributed by atoms with Crippen molar-refractivity contribution in [2.24, 2.45) is 16.9 Å². The monoisotopic (exact) mass is 506 g/mol. The van der Waals surface area contributed by atoms with Crippen LogP contribution in [-0.2, 0) is 17.4 Å². The highest BCUT2D eigenvalue weighted by molar-refractivity contribution is 5.93. The van der Waals surface area contributed by atoms with E-state index in [1.165, 1.54) is 11.0 Å². The van der Waals surface area contributed by atoms with Gasteiger partial charge in [0, 0.05) is 24.7 Å². The molecule has 2 heterocycles. The number of nitrogens with zero attached hydrogens (tertiary/aromatic N) is 2. The number of alkyl halides is 3. The first-order chi connectivity index (χ1) is 17.6. The van der Waals surface area contributed by atoms with E-state index in [1.807, 2.05) is 36.4 Å². The molecule has 2 aromatic carbocycles. The number of primary amides is 2. The van der Waals surface area contributed by atoms with E-state index < -0.39 is 29.1 Å². The predicted molar refractivity (Wildman–Crippen MR) is 134 cm³/mol. The summed E-state index contributed by atoms with van der Waals surface area (Å²) in [7, 11) is 0. The predicted octanol–water partition coefficient (Wildman–Crippen LogP) is 4.84. The molecule has 1 atom stereocenters. The average Bonchev–Trinajstić information content (AvgIpc) is 2.88. The van der Waals surface area contributed by atoms with Crippen LogP contribution < -0.4 is 11.5 Å². The number of benzene rings is 2. The van der Waals surface area contributed by atoms with Crippen molar-refractivity contribution >= 4 is 28.4 Å². The minimum atomic E-state index is -4.49. The molecule has 3 aromatic rings. The Labute approximate surface area is 211 Å². The van der Waals surface area contributed by atoms with Gasteiger partial charge in [-0.1, -0.05) is 36.4 Å². The number of rotatable bonds is 4. The number of carbonyl (C=O) groups excluding carboxylic acids is 2. The van der Waals surface area contributed by atoms with E-state index in [-0.39, 0.29) is 25.9 Å². The summed E-state index contributed by atoms with van der Waals surface area (Å²) in [5.41, 5.74) is 13.8. The Morgan fingerprint density at radius 2 is 1.84 bits per heavy atom. The molecular formula is C28H25F3N4O2. The van der Waals surface area contributed by atoms with Crippen molar-refractivity contribution in [3.05, 3.63) is 94.7 Å². The number of urea groups is 1. The highest BCUT2D eigenvalue weighted by atomic mass is 19.4. The summed E-state index contributed by atoms with van der Waals surface area (Å²) >= 11 is 0. The lowest BCUT2D eigenvalue weighted by Crippen LogP contribution is -2.50. The molecule has 3 amide bonds. The lowest BCUT2D eigenvalue weighted by atomic mass is 9.64. The largest absolute Gasteiger partial charge is 0.416 e. The molecule has 2 aliphatic rings. The fourth-order valence-corrected chi connectivity index (χ4v) is 5.52. The molecule has 6 nitrogen and oxygen atoms in total. The molecule has 9 heteroatoms.